The van der Waals surface area contributed by atoms with Crippen molar-refractivity contribution < 1.29 is 19.0 Å². The van der Waals surface area contributed by atoms with E-state index < -0.39 is 11.6 Å². The van der Waals surface area contributed by atoms with Gasteiger partial charge in [-0.05, 0) is 17.7 Å². The Morgan fingerprint density at radius 1 is 1.41 bits per heavy atom. The quantitative estimate of drug-likeness (QED) is 0.835. The molecule has 1 aliphatic heterocycles. The molecule has 1 aromatic rings. The van der Waals surface area contributed by atoms with E-state index >= 15 is 0 Å². The molecule has 0 radical (unpaired) electrons. The third-order valence-electron chi connectivity index (χ3n) is 2.73. The SMILES string of the molecule is O=C(Cc1ccc(F)c(O)c1)N1CCOCC1. The van der Waals surface area contributed by atoms with Crippen LogP contribution in [0.25, 0.3) is 0 Å². The predicted molar refractivity (Wildman–Crippen MR) is 59.2 cm³/mol. The third-order valence-corrected chi connectivity index (χ3v) is 2.73. The van der Waals surface area contributed by atoms with Gasteiger partial charge in [0.25, 0.3) is 0 Å². The summed E-state index contributed by atoms with van der Waals surface area (Å²) in [7, 11) is 0. The maximum absolute atomic E-state index is 12.8. The zero-order valence-electron chi connectivity index (χ0n) is 9.36. The largest absolute Gasteiger partial charge is 0.505 e. The van der Waals surface area contributed by atoms with Crippen molar-refractivity contribution in [3.8, 4) is 5.75 Å². The average molecular weight is 239 g/mol. The molecule has 0 saturated carbocycles. The second-order valence-electron chi connectivity index (χ2n) is 3.96. The Bertz CT molecular complexity index is 416. The molecule has 0 aliphatic carbocycles. The Hall–Kier alpha value is -1.62. The van der Waals surface area contributed by atoms with Gasteiger partial charge in [0.1, 0.15) is 0 Å². The van der Waals surface area contributed by atoms with E-state index in [1.165, 1.54) is 12.1 Å². The van der Waals surface area contributed by atoms with E-state index in [1.807, 2.05) is 0 Å². The second-order valence-corrected chi connectivity index (χ2v) is 3.96. The summed E-state index contributed by atoms with van der Waals surface area (Å²) in [5.74, 6) is -1.12. The van der Waals surface area contributed by atoms with E-state index in [2.05, 4.69) is 0 Å². The summed E-state index contributed by atoms with van der Waals surface area (Å²) in [4.78, 5) is 13.6. The van der Waals surface area contributed by atoms with Crippen LogP contribution >= 0.6 is 0 Å². The molecule has 1 fully saturated rings. The maximum Gasteiger partial charge on any atom is 0.227 e. The highest BCUT2D eigenvalue weighted by Crippen LogP contribution is 2.17. The van der Waals surface area contributed by atoms with Gasteiger partial charge in [-0.2, -0.15) is 0 Å². The van der Waals surface area contributed by atoms with Gasteiger partial charge in [-0.25, -0.2) is 4.39 Å². The molecule has 4 nitrogen and oxygen atoms in total. The number of halogens is 1. The molecule has 1 amide bonds. The predicted octanol–water partition coefficient (Wildman–Crippen LogP) is 0.933. The molecular weight excluding hydrogens is 225 g/mol. The zero-order chi connectivity index (χ0) is 12.3. The molecule has 1 aromatic carbocycles. The average Bonchev–Trinajstić information content (AvgIpc) is 2.35. The standard InChI is InChI=1S/C12H14FNO3/c13-10-2-1-9(7-11(10)15)8-12(16)14-3-5-17-6-4-14/h1-2,7,15H,3-6,8H2. The van der Waals surface area contributed by atoms with E-state index in [4.69, 9.17) is 4.74 Å². The molecule has 0 bridgehead atoms. The number of nitrogens with zero attached hydrogens (tertiary/aromatic N) is 1. The summed E-state index contributed by atoms with van der Waals surface area (Å²) in [6.45, 7) is 2.29. The number of carbonyl (C=O) groups excluding carboxylic acids is 1. The van der Waals surface area contributed by atoms with Gasteiger partial charge in [0.2, 0.25) is 5.91 Å². The lowest BCUT2D eigenvalue weighted by molar-refractivity contribution is -0.134. The molecule has 1 heterocycles. The van der Waals surface area contributed by atoms with Crippen molar-refractivity contribution in [2.45, 2.75) is 6.42 Å². The molecule has 1 saturated heterocycles. The Kier molecular flexibility index (Phi) is 3.58. The summed E-state index contributed by atoms with van der Waals surface area (Å²) in [5.41, 5.74) is 0.611. The zero-order valence-corrected chi connectivity index (χ0v) is 9.36. The molecule has 17 heavy (non-hydrogen) atoms. The van der Waals surface area contributed by atoms with Crippen LogP contribution in [0.4, 0.5) is 4.39 Å². The second kappa shape index (κ2) is 5.14. The monoisotopic (exact) mass is 239 g/mol. The fourth-order valence-corrected chi connectivity index (χ4v) is 1.77. The molecule has 0 spiro atoms. The number of hydrogen-bond acceptors (Lipinski definition) is 3. The van der Waals surface area contributed by atoms with Crippen LogP contribution in [0.1, 0.15) is 5.56 Å². The minimum atomic E-state index is -0.674. The van der Waals surface area contributed by atoms with Crippen LogP contribution in [-0.4, -0.2) is 42.2 Å². The van der Waals surface area contributed by atoms with Crippen LogP contribution in [0.5, 0.6) is 5.75 Å². The highest BCUT2D eigenvalue weighted by atomic mass is 19.1. The lowest BCUT2D eigenvalue weighted by atomic mass is 10.1. The summed E-state index contributed by atoms with van der Waals surface area (Å²) in [6.07, 6.45) is 0.174. The van der Waals surface area contributed by atoms with E-state index in [-0.39, 0.29) is 12.3 Å². The summed E-state index contributed by atoms with van der Waals surface area (Å²) >= 11 is 0. The number of phenolic OH excluding ortho intramolecular Hbond substituents is 1. The number of aromatic hydroxyl groups is 1. The van der Waals surface area contributed by atoms with E-state index in [1.54, 1.807) is 4.90 Å². The molecule has 0 aromatic heterocycles. The molecule has 5 heteroatoms. The van der Waals surface area contributed by atoms with Gasteiger partial charge in [0.05, 0.1) is 19.6 Å². The molecule has 0 unspecified atom stereocenters. The number of hydrogen-bond donors (Lipinski definition) is 1. The smallest absolute Gasteiger partial charge is 0.227 e. The molecule has 92 valence electrons. The molecule has 1 N–H and O–H groups in total. The van der Waals surface area contributed by atoms with Crippen LogP contribution in [0.3, 0.4) is 0 Å². The van der Waals surface area contributed by atoms with Crippen LogP contribution in [0, 0.1) is 5.82 Å². The number of carbonyl (C=O) groups is 1. The highest BCUT2D eigenvalue weighted by Gasteiger charge is 2.17. The topological polar surface area (TPSA) is 49.8 Å². The van der Waals surface area contributed by atoms with E-state index in [0.717, 1.165) is 6.07 Å². The molecular formula is C12H14FNO3. The van der Waals surface area contributed by atoms with Crippen LogP contribution < -0.4 is 0 Å². The Morgan fingerprint density at radius 3 is 2.76 bits per heavy atom. The van der Waals surface area contributed by atoms with Crippen LogP contribution in [0.15, 0.2) is 18.2 Å². The van der Waals surface area contributed by atoms with Gasteiger partial charge < -0.3 is 14.7 Å². The fourth-order valence-electron chi connectivity index (χ4n) is 1.77. The third kappa shape index (κ3) is 2.94. The van der Waals surface area contributed by atoms with Gasteiger partial charge in [0.15, 0.2) is 11.6 Å². The Morgan fingerprint density at radius 2 is 2.12 bits per heavy atom. The Labute approximate surface area is 98.6 Å². The van der Waals surface area contributed by atoms with Crippen molar-refractivity contribution in [2.75, 3.05) is 26.3 Å². The first-order chi connectivity index (χ1) is 8.16. The Balaban J connectivity index is 1.99. The lowest BCUT2D eigenvalue weighted by Gasteiger charge is -2.26. The minimum absolute atomic E-state index is 0.0284. The minimum Gasteiger partial charge on any atom is -0.505 e. The van der Waals surface area contributed by atoms with Crippen molar-refractivity contribution in [3.63, 3.8) is 0 Å². The molecule has 2 rings (SSSR count). The van der Waals surface area contributed by atoms with Crippen molar-refractivity contribution in [1.82, 2.24) is 4.90 Å². The molecule has 1 aliphatic rings. The van der Waals surface area contributed by atoms with Crippen molar-refractivity contribution in [2.24, 2.45) is 0 Å². The van der Waals surface area contributed by atoms with Gasteiger partial charge >= 0.3 is 0 Å². The van der Waals surface area contributed by atoms with Gasteiger partial charge in [-0.3, -0.25) is 4.79 Å². The number of morpholine rings is 1. The van der Waals surface area contributed by atoms with Crippen molar-refractivity contribution in [3.05, 3.63) is 29.6 Å². The summed E-state index contributed by atoms with van der Waals surface area (Å²) < 4.78 is 18.0. The number of rotatable bonds is 2. The first kappa shape index (κ1) is 11.9. The van der Waals surface area contributed by atoms with Crippen LogP contribution in [0.2, 0.25) is 0 Å². The lowest BCUT2D eigenvalue weighted by Crippen LogP contribution is -2.41. The highest BCUT2D eigenvalue weighted by molar-refractivity contribution is 5.79. The van der Waals surface area contributed by atoms with Gasteiger partial charge in [0, 0.05) is 13.1 Å². The number of phenols is 1. The first-order valence-corrected chi connectivity index (χ1v) is 5.50. The normalized spacial score (nSPS) is 15.9. The fraction of sp³-hybridized carbons (Fsp3) is 0.417. The summed E-state index contributed by atoms with van der Waals surface area (Å²) in [5, 5.41) is 9.20. The van der Waals surface area contributed by atoms with E-state index in [9.17, 15) is 14.3 Å². The van der Waals surface area contributed by atoms with Gasteiger partial charge in [-0.15, -0.1) is 0 Å². The van der Waals surface area contributed by atoms with E-state index in [0.29, 0.717) is 31.9 Å². The first-order valence-electron chi connectivity index (χ1n) is 5.50. The number of amides is 1. The van der Waals surface area contributed by atoms with Crippen LogP contribution in [-0.2, 0) is 16.0 Å². The van der Waals surface area contributed by atoms with Gasteiger partial charge in [-0.1, -0.05) is 6.07 Å². The number of benzene rings is 1. The maximum atomic E-state index is 12.8. The molecule has 0 atom stereocenters. The number of ether oxygens (including phenoxy) is 1. The van der Waals surface area contributed by atoms with Crippen molar-refractivity contribution >= 4 is 5.91 Å². The summed E-state index contributed by atoms with van der Waals surface area (Å²) in [6, 6.07) is 3.96. The van der Waals surface area contributed by atoms with Crippen molar-refractivity contribution in [1.29, 1.82) is 0 Å².